The molecule has 0 radical (unpaired) electrons. The van der Waals surface area contributed by atoms with Crippen molar-refractivity contribution < 1.29 is 44.8 Å². The Morgan fingerprint density at radius 3 is 1.83 bits per heavy atom. The fourth-order valence-electron chi connectivity index (χ4n) is 4.33. The molecule has 0 bridgehead atoms. The van der Waals surface area contributed by atoms with E-state index in [1.165, 1.54) is 65.5 Å². The first-order chi connectivity index (χ1) is 15.6. The topological polar surface area (TPSA) is 0 Å². The van der Waals surface area contributed by atoms with E-state index in [-0.39, 0.29) is 35.6 Å². The predicted octanol–water partition coefficient (Wildman–Crippen LogP) is 2.74. The Morgan fingerprint density at radius 2 is 1.37 bits per heavy atom. The van der Waals surface area contributed by atoms with Crippen molar-refractivity contribution in [2.75, 3.05) is 0 Å². The van der Waals surface area contributed by atoms with Gasteiger partial charge in [0.05, 0.1) is 0 Å². The van der Waals surface area contributed by atoms with Gasteiger partial charge in [-0.1, -0.05) is 65.3 Å². The molecule has 5 rings (SSSR count). The molecule has 2 aliphatic carbocycles. The Bertz CT molecular complexity index is 963. The van der Waals surface area contributed by atoms with Crippen molar-refractivity contribution in [1.29, 1.82) is 0 Å². The summed E-state index contributed by atoms with van der Waals surface area (Å²) in [5.74, 6) is 0. The summed E-state index contributed by atoms with van der Waals surface area (Å²) in [6, 6.07) is 25.2. The maximum absolute atomic E-state index is 3.67. The third-order valence-electron chi connectivity index (χ3n) is 6.48. The second kappa shape index (κ2) is 14.0. The largest absolute Gasteiger partial charge is 0.214 e. The molecule has 0 aliphatic heterocycles. The molecule has 0 saturated heterocycles. The first kappa shape index (κ1) is 32.0. The smallest absolute Gasteiger partial charge is 0.172 e. The van der Waals surface area contributed by atoms with Gasteiger partial charge < -0.3 is 24.8 Å². The van der Waals surface area contributed by atoms with Gasteiger partial charge in [0.2, 0.25) is 0 Å². The molecule has 35 heavy (non-hydrogen) atoms. The number of rotatable bonds is 0. The summed E-state index contributed by atoms with van der Waals surface area (Å²) in [6.07, 6.45) is 8.20. The molecule has 3 heteroatoms. The van der Waals surface area contributed by atoms with Crippen LogP contribution in [0.1, 0.15) is 95.9 Å². The van der Waals surface area contributed by atoms with E-state index in [4.69, 9.17) is 0 Å². The molecular weight excluding hydrogens is 503 g/mol. The van der Waals surface area contributed by atoms with Gasteiger partial charge in [-0.2, -0.15) is 42.0 Å². The molecule has 0 atom stereocenters. The monoisotopic (exact) mass is 542 g/mol. The van der Waals surface area contributed by atoms with Crippen LogP contribution in [0, 0.1) is 6.07 Å². The van der Waals surface area contributed by atoms with E-state index in [2.05, 4.69) is 97.9 Å². The minimum atomic E-state index is 0. The van der Waals surface area contributed by atoms with E-state index in [9.17, 15) is 0 Å². The zero-order valence-electron chi connectivity index (χ0n) is 22.3. The van der Waals surface area contributed by atoms with Crippen molar-refractivity contribution >= 4 is 3.81 Å². The summed E-state index contributed by atoms with van der Waals surface area (Å²) in [6.45, 7) is 13.6. The minimum absolute atomic E-state index is 0. The number of benzene rings is 2. The van der Waals surface area contributed by atoms with E-state index in [0.29, 0.717) is 0 Å². The summed E-state index contributed by atoms with van der Waals surface area (Å²) < 4.78 is 1.71. The summed E-state index contributed by atoms with van der Waals surface area (Å²) in [7, 11) is 0. The molecule has 3 aromatic rings. The molecule has 0 spiro atoms. The molecule has 188 valence electrons. The molecule has 0 amide bonds. The van der Waals surface area contributed by atoms with Crippen LogP contribution in [-0.2, 0) is 37.2 Å². The van der Waals surface area contributed by atoms with Crippen molar-refractivity contribution in [2.24, 2.45) is 0 Å². The molecule has 3 aromatic carbocycles. The predicted molar refractivity (Wildman–Crippen MR) is 141 cm³/mol. The summed E-state index contributed by atoms with van der Waals surface area (Å²) in [5.41, 5.74) is 8.70. The van der Waals surface area contributed by atoms with Crippen LogP contribution in [0.4, 0.5) is 0 Å². The second-order valence-electron chi connectivity index (χ2n) is 11.4. The van der Waals surface area contributed by atoms with Crippen LogP contribution in [0.5, 0.6) is 0 Å². The van der Waals surface area contributed by atoms with Crippen LogP contribution < -0.4 is 24.8 Å². The second-order valence-corrected chi connectivity index (χ2v) is 12.5. The Morgan fingerprint density at radius 1 is 0.771 bits per heavy atom. The number of hydrogen-bond donors (Lipinski definition) is 0. The third-order valence-corrected chi connectivity index (χ3v) is 7.26. The molecular formula is C32H40Cl2Ti-2. The average Bonchev–Trinajstić information content (AvgIpc) is 3.44. The van der Waals surface area contributed by atoms with Crippen molar-refractivity contribution in [3.63, 3.8) is 0 Å². The van der Waals surface area contributed by atoms with Crippen LogP contribution in [0.3, 0.4) is 0 Å². The maximum Gasteiger partial charge on any atom is -0.172 e. The van der Waals surface area contributed by atoms with Gasteiger partial charge in [0.25, 0.3) is 0 Å². The van der Waals surface area contributed by atoms with E-state index >= 15 is 0 Å². The van der Waals surface area contributed by atoms with Gasteiger partial charge >= 0.3 is 55.9 Å². The first-order valence-electron chi connectivity index (χ1n) is 12.5. The zero-order valence-corrected chi connectivity index (χ0v) is 25.3. The van der Waals surface area contributed by atoms with E-state index in [1.54, 1.807) is 3.81 Å². The minimum Gasteiger partial charge on any atom is -0.214 e. The molecule has 0 unspecified atom stereocenters. The Balaban J connectivity index is 0.000000360. The van der Waals surface area contributed by atoms with Gasteiger partial charge in [-0.15, -0.1) is 11.1 Å². The van der Waals surface area contributed by atoms with Crippen molar-refractivity contribution in [1.82, 2.24) is 0 Å². The van der Waals surface area contributed by atoms with Gasteiger partial charge in [-0.25, -0.2) is 12.1 Å². The SMILES string of the molecule is CC(C)(C)c1[c-]c2c(cc1)-c1ccc(C(C)(C)C)cc1C2.[Cl-].[Cl-].[Ti+2]=[C]1CCCCC1.c1cc[cH-]c1. The fraction of sp³-hybridized carbons (Fsp3) is 0.438. The van der Waals surface area contributed by atoms with Crippen LogP contribution in [0.2, 0.25) is 0 Å². The Hall–Kier alpha value is -1.05. The quantitative estimate of drug-likeness (QED) is 0.237. The number of halogens is 2. The molecule has 0 heterocycles. The molecule has 0 N–H and O–H groups in total. The van der Waals surface area contributed by atoms with Gasteiger partial charge in [-0.3, -0.25) is 0 Å². The molecule has 0 aromatic heterocycles. The van der Waals surface area contributed by atoms with E-state index in [0.717, 1.165) is 6.42 Å². The normalized spacial score (nSPS) is 14.1. The zero-order chi connectivity index (χ0) is 24.1. The summed E-state index contributed by atoms with van der Waals surface area (Å²) in [4.78, 5) is 0. The third kappa shape index (κ3) is 9.40. The van der Waals surface area contributed by atoms with Crippen LogP contribution in [-0.4, -0.2) is 3.81 Å². The Kier molecular flexibility index (Phi) is 12.8. The van der Waals surface area contributed by atoms with Crippen molar-refractivity contribution in [3.8, 4) is 11.1 Å². The summed E-state index contributed by atoms with van der Waals surface area (Å²) in [5, 5.41) is 0. The van der Waals surface area contributed by atoms with Gasteiger partial charge in [0.15, 0.2) is 0 Å². The molecule has 1 saturated carbocycles. The average molecular weight is 543 g/mol. The van der Waals surface area contributed by atoms with E-state index < -0.39 is 0 Å². The maximum atomic E-state index is 3.67. The van der Waals surface area contributed by atoms with Gasteiger partial charge in [-0.05, 0) is 28.4 Å². The number of hydrogen-bond acceptors (Lipinski definition) is 0. The fourth-order valence-corrected chi connectivity index (χ4v) is 4.88. The molecule has 2 aliphatic rings. The van der Waals surface area contributed by atoms with Crippen LogP contribution in [0.15, 0.2) is 60.7 Å². The summed E-state index contributed by atoms with van der Waals surface area (Å²) >= 11 is 2.28. The Labute approximate surface area is 238 Å². The van der Waals surface area contributed by atoms with Crippen molar-refractivity contribution in [3.05, 3.63) is 89.0 Å². The van der Waals surface area contributed by atoms with E-state index in [1.807, 2.05) is 30.3 Å². The first-order valence-corrected chi connectivity index (χ1v) is 13.3. The molecule has 0 nitrogen and oxygen atoms in total. The van der Waals surface area contributed by atoms with Crippen molar-refractivity contribution in [2.45, 2.75) is 90.9 Å². The van der Waals surface area contributed by atoms with Gasteiger partial charge in [0, 0.05) is 0 Å². The standard InChI is InChI=1S/C21H25.C6H10.C5H5.2ClH.Ti/c1-20(2,3)16-7-9-18-14(12-16)11-15-13-17(21(4,5)6)8-10-19(15)18;1-2-4-6-5-3-1;1-2-4-5-3-1;;;/h7-10,12H,11H2,1-6H3;1-5H2;1-5H;2*1H;/q-1;;-1;;;+2/p-2. The number of fused-ring (bicyclic) bond motifs is 3. The van der Waals surface area contributed by atoms with Crippen LogP contribution >= 0.6 is 0 Å². The molecule has 1 fully saturated rings. The van der Waals surface area contributed by atoms with Gasteiger partial charge in [0.1, 0.15) is 0 Å². The van der Waals surface area contributed by atoms with Crippen LogP contribution in [0.25, 0.3) is 11.1 Å².